The molecule has 0 saturated carbocycles. The summed E-state index contributed by atoms with van der Waals surface area (Å²) < 4.78 is 19.7. The number of ether oxygens (including phenoxy) is 1. The van der Waals surface area contributed by atoms with Crippen molar-refractivity contribution in [3.8, 4) is 17.0 Å². The summed E-state index contributed by atoms with van der Waals surface area (Å²) >= 11 is 0. The number of aryl methyl sites for hydroxylation is 1. The number of nitrogens with zero attached hydrogens (tertiary/aromatic N) is 2. The van der Waals surface area contributed by atoms with Gasteiger partial charge in [0.25, 0.3) is 6.48 Å². The van der Waals surface area contributed by atoms with Crippen molar-refractivity contribution in [1.82, 2.24) is 9.55 Å². The molecule has 0 radical (unpaired) electrons. The highest BCUT2D eigenvalue weighted by atomic mass is 19.1. The predicted molar refractivity (Wildman–Crippen MR) is 126 cm³/mol. The van der Waals surface area contributed by atoms with Gasteiger partial charge < -0.3 is 14.6 Å². The smallest absolute Gasteiger partial charge is 0.294 e. The van der Waals surface area contributed by atoms with Gasteiger partial charge in [-0.15, -0.1) is 0 Å². The Labute approximate surface area is 187 Å². The van der Waals surface area contributed by atoms with E-state index >= 15 is 0 Å². The van der Waals surface area contributed by atoms with E-state index in [1.807, 2.05) is 74.9 Å². The Hall–Kier alpha value is -3.45. The fraction of sp³-hybridized carbons (Fsp3) is 0.280. The predicted octanol–water partition coefficient (Wildman–Crippen LogP) is 5.39. The highest BCUT2D eigenvalue weighted by Crippen LogP contribution is 2.25. The van der Waals surface area contributed by atoms with Crippen LogP contribution in [0.5, 0.6) is 5.75 Å². The number of Topliss-reactive ketones (excluding diaryl/α,β-unsaturated/α-hetero) is 1. The third-order valence-electron chi connectivity index (χ3n) is 5.04. The lowest BCUT2D eigenvalue weighted by atomic mass is 9.97. The number of nitrogens with one attached hydrogen (secondary N) is 1. The minimum atomic E-state index is -1.85. The number of carbonyl (C=O) groups excluding carboxylic acids is 1. The number of halogens is 1. The summed E-state index contributed by atoms with van der Waals surface area (Å²) in [5.41, 5.74) is 9.46. The Morgan fingerprint density at radius 3 is 2.56 bits per heavy atom. The summed E-state index contributed by atoms with van der Waals surface area (Å²) in [4.78, 5) is 16.9. The van der Waals surface area contributed by atoms with Crippen LogP contribution >= 0.6 is 0 Å². The van der Waals surface area contributed by atoms with Gasteiger partial charge in [0.15, 0.2) is 5.78 Å². The number of hydrogen-bond donors (Lipinski definition) is 2. The molecule has 0 amide bonds. The van der Waals surface area contributed by atoms with Crippen LogP contribution in [0.3, 0.4) is 0 Å². The minimum absolute atomic E-state index is 0.0337. The number of imidazole rings is 1. The largest absolute Gasteiger partial charge is 0.448 e. The first-order valence-corrected chi connectivity index (χ1v) is 10.5. The Morgan fingerprint density at radius 2 is 1.97 bits per heavy atom. The quantitative estimate of drug-likeness (QED) is 0.267. The van der Waals surface area contributed by atoms with Gasteiger partial charge in [-0.1, -0.05) is 19.9 Å². The van der Waals surface area contributed by atoms with Crippen molar-refractivity contribution in [1.29, 1.82) is 0 Å². The lowest BCUT2D eigenvalue weighted by molar-refractivity contribution is 0.0742. The van der Waals surface area contributed by atoms with Crippen LogP contribution in [-0.4, -0.2) is 21.8 Å². The number of carbonyl (C=O) groups is 1. The number of anilines is 1. The lowest BCUT2D eigenvalue weighted by Crippen LogP contribution is -2.20. The normalized spacial score (nSPS) is 12.3. The van der Waals surface area contributed by atoms with Crippen molar-refractivity contribution in [2.75, 3.05) is 5.32 Å². The summed E-state index contributed by atoms with van der Waals surface area (Å²) in [7, 11) is 0. The highest BCUT2D eigenvalue weighted by molar-refractivity contribution is 5.99. The zero-order valence-corrected chi connectivity index (χ0v) is 18.8. The molecule has 2 aromatic carbocycles. The number of allylic oxidation sites excluding steroid dienone is 1. The summed E-state index contributed by atoms with van der Waals surface area (Å²) in [6.45, 7) is 6.34. The summed E-state index contributed by atoms with van der Waals surface area (Å²) in [5.74, 6) is 1.29. The maximum absolute atomic E-state index is 12.8. The van der Waals surface area contributed by atoms with Gasteiger partial charge >= 0.3 is 0 Å². The van der Waals surface area contributed by atoms with Crippen LogP contribution in [0.25, 0.3) is 17.5 Å². The van der Waals surface area contributed by atoms with Crippen molar-refractivity contribution in [3.63, 3.8) is 0 Å². The lowest BCUT2D eigenvalue weighted by Gasteiger charge is -2.12. The molecule has 1 aromatic heterocycles. The number of rotatable bonds is 9. The van der Waals surface area contributed by atoms with Gasteiger partial charge in [-0.25, -0.2) is 4.98 Å². The van der Waals surface area contributed by atoms with Crippen LogP contribution in [0.15, 0.2) is 54.7 Å². The monoisotopic (exact) mass is 436 g/mol. The van der Waals surface area contributed by atoms with Gasteiger partial charge in [-0.2, -0.15) is 4.39 Å². The van der Waals surface area contributed by atoms with Crippen LogP contribution in [0.2, 0.25) is 0 Å². The topological polar surface area (TPSA) is 82.2 Å². The Bertz CT molecular complexity index is 1100. The van der Waals surface area contributed by atoms with Crippen molar-refractivity contribution < 1.29 is 13.9 Å². The van der Waals surface area contributed by atoms with Crippen LogP contribution in [0.1, 0.15) is 42.5 Å². The van der Waals surface area contributed by atoms with Gasteiger partial charge in [0.05, 0.1) is 18.4 Å². The first kappa shape index (κ1) is 23.2. The van der Waals surface area contributed by atoms with Crippen molar-refractivity contribution in [2.24, 2.45) is 11.7 Å². The summed E-state index contributed by atoms with van der Waals surface area (Å²) in [6, 6.07) is 12.8. The number of benzene rings is 2. The molecule has 0 fully saturated rings. The van der Waals surface area contributed by atoms with E-state index in [0.29, 0.717) is 12.3 Å². The Kier molecular flexibility index (Phi) is 7.43. The van der Waals surface area contributed by atoms with Crippen molar-refractivity contribution in [2.45, 2.75) is 40.7 Å². The van der Waals surface area contributed by atoms with Crippen molar-refractivity contribution in [3.05, 3.63) is 71.7 Å². The zero-order chi connectivity index (χ0) is 23.3. The van der Waals surface area contributed by atoms with Gasteiger partial charge in [-0.05, 0) is 61.9 Å². The molecule has 1 unspecified atom stereocenters. The molecule has 32 heavy (non-hydrogen) atoms. The van der Waals surface area contributed by atoms with E-state index in [4.69, 9.17) is 10.5 Å². The molecule has 1 atom stereocenters. The summed E-state index contributed by atoms with van der Waals surface area (Å²) in [5, 5.41) is 3.39. The molecule has 3 N–H and O–H groups in total. The molecule has 6 nitrogen and oxygen atoms in total. The summed E-state index contributed by atoms with van der Waals surface area (Å²) in [6.07, 6.45) is 5.67. The number of aromatic nitrogens is 2. The van der Waals surface area contributed by atoms with E-state index in [-0.39, 0.29) is 11.7 Å². The molecule has 0 bridgehead atoms. The molecule has 0 aliphatic heterocycles. The molecule has 168 valence electrons. The van der Waals surface area contributed by atoms with Gasteiger partial charge in [0, 0.05) is 28.9 Å². The van der Waals surface area contributed by atoms with Gasteiger partial charge in [-0.3, -0.25) is 10.5 Å². The maximum atomic E-state index is 12.8. The fourth-order valence-corrected chi connectivity index (χ4v) is 3.44. The average Bonchev–Trinajstić information content (AvgIpc) is 3.15. The number of nitrogens with two attached hydrogens (primary N) is 1. The third-order valence-corrected chi connectivity index (χ3v) is 5.04. The molecule has 3 rings (SSSR count). The van der Waals surface area contributed by atoms with E-state index in [9.17, 15) is 9.18 Å². The molecule has 0 saturated heterocycles. The Morgan fingerprint density at radius 1 is 1.25 bits per heavy atom. The molecule has 3 aromatic rings. The number of alkyl halides is 1. The minimum Gasteiger partial charge on any atom is -0.448 e. The zero-order valence-electron chi connectivity index (χ0n) is 18.8. The van der Waals surface area contributed by atoms with E-state index in [2.05, 4.69) is 10.3 Å². The molecule has 0 aliphatic carbocycles. The Balaban J connectivity index is 1.79. The second-order valence-electron chi connectivity index (χ2n) is 7.81. The van der Waals surface area contributed by atoms with E-state index in [0.717, 1.165) is 33.9 Å². The highest BCUT2D eigenvalue weighted by Gasteiger charge is 2.14. The molecular weight excluding hydrogens is 407 g/mol. The van der Waals surface area contributed by atoms with Crippen LogP contribution in [-0.2, 0) is 6.54 Å². The SMILES string of the molecule is C/C=C\n1c(-c2ccc(OC(N)F)cc2)cnc1CNc1ccc(C(=O)C(C)C)c(C)c1. The fourth-order valence-electron chi connectivity index (χ4n) is 3.44. The average molecular weight is 437 g/mol. The van der Waals surface area contributed by atoms with E-state index in [1.54, 1.807) is 18.3 Å². The number of hydrogen-bond acceptors (Lipinski definition) is 5. The number of ketones is 1. The van der Waals surface area contributed by atoms with Gasteiger partial charge in [0.2, 0.25) is 0 Å². The van der Waals surface area contributed by atoms with E-state index < -0.39 is 6.48 Å². The van der Waals surface area contributed by atoms with Crippen molar-refractivity contribution >= 4 is 17.7 Å². The maximum Gasteiger partial charge on any atom is 0.294 e. The van der Waals surface area contributed by atoms with Gasteiger partial charge in [0.1, 0.15) is 11.6 Å². The molecule has 0 spiro atoms. The standard InChI is InChI=1S/C25H29FN4O2/c1-5-12-30-22(18-6-9-20(10-7-18)32-25(26)27)14-29-23(30)15-28-19-8-11-21(17(4)13-19)24(31)16(2)3/h5-14,16,25,28H,15,27H2,1-4H3/b12-5-. The second kappa shape index (κ2) is 10.2. The molecule has 0 aliphatic rings. The first-order valence-electron chi connectivity index (χ1n) is 10.5. The molecular formula is C25H29FN4O2. The molecule has 1 heterocycles. The third kappa shape index (κ3) is 5.42. The molecule has 7 heteroatoms. The van der Waals surface area contributed by atoms with Crippen LogP contribution in [0.4, 0.5) is 10.1 Å². The second-order valence-corrected chi connectivity index (χ2v) is 7.81. The van der Waals surface area contributed by atoms with Crippen LogP contribution in [0, 0.1) is 12.8 Å². The first-order chi connectivity index (χ1) is 15.3. The van der Waals surface area contributed by atoms with Crippen LogP contribution < -0.4 is 15.8 Å². The van der Waals surface area contributed by atoms with E-state index in [1.165, 1.54) is 0 Å².